The number of benzene rings is 2. The zero-order valence-corrected chi connectivity index (χ0v) is 18.6. The van der Waals surface area contributed by atoms with Gasteiger partial charge in [0.1, 0.15) is 5.76 Å². The molecule has 0 atom stereocenters. The molecule has 1 N–H and O–H groups in total. The van der Waals surface area contributed by atoms with Crippen LogP contribution >= 0.6 is 23.4 Å². The fourth-order valence-electron chi connectivity index (χ4n) is 2.98. The molecule has 7 nitrogen and oxygen atoms in total. The van der Waals surface area contributed by atoms with Crippen LogP contribution in [0.5, 0.6) is 0 Å². The topological polar surface area (TPSA) is 94.2 Å². The monoisotopic (exact) mass is 475 g/mol. The van der Waals surface area contributed by atoms with Gasteiger partial charge in [-0.05, 0) is 42.5 Å². The third kappa shape index (κ3) is 5.01. The number of hydrogen-bond donors (Lipinski definition) is 1. The van der Waals surface area contributed by atoms with Gasteiger partial charge in [-0.2, -0.15) is 0 Å². The molecule has 0 radical (unpaired) electrons. The van der Waals surface area contributed by atoms with Crippen LogP contribution in [0.2, 0.25) is 5.02 Å². The molecule has 0 spiro atoms. The first kappa shape index (κ1) is 21.6. The van der Waals surface area contributed by atoms with Gasteiger partial charge in [0.05, 0.1) is 28.6 Å². The largest absolute Gasteiger partial charge is 0.467 e. The summed E-state index contributed by atoms with van der Waals surface area (Å²) in [6, 6.07) is 16.6. The first-order valence-corrected chi connectivity index (χ1v) is 12.2. The number of halogens is 1. The summed E-state index contributed by atoms with van der Waals surface area (Å²) in [5.74, 6) is 0.992. The van der Waals surface area contributed by atoms with Gasteiger partial charge in [0.2, 0.25) is 10.0 Å². The summed E-state index contributed by atoms with van der Waals surface area (Å²) in [6.45, 7) is 0.390. The molecule has 0 aliphatic heterocycles. The van der Waals surface area contributed by atoms with Crippen molar-refractivity contribution in [2.45, 2.75) is 16.6 Å². The van der Waals surface area contributed by atoms with E-state index in [2.05, 4.69) is 9.71 Å². The lowest BCUT2D eigenvalue weighted by molar-refractivity contribution is 0.476. The van der Waals surface area contributed by atoms with E-state index in [9.17, 15) is 13.2 Å². The van der Waals surface area contributed by atoms with Gasteiger partial charge in [0.15, 0.2) is 5.16 Å². The van der Waals surface area contributed by atoms with E-state index in [1.54, 1.807) is 54.8 Å². The first-order chi connectivity index (χ1) is 14.9. The number of rotatable bonds is 8. The molecule has 2 aromatic heterocycles. The highest BCUT2D eigenvalue weighted by atomic mass is 35.5. The Morgan fingerprint density at radius 1 is 1.10 bits per heavy atom. The van der Waals surface area contributed by atoms with Crippen molar-refractivity contribution < 1.29 is 12.8 Å². The second kappa shape index (κ2) is 9.27. The quantitative estimate of drug-likeness (QED) is 0.237. The third-order valence-electron chi connectivity index (χ3n) is 4.46. The van der Waals surface area contributed by atoms with E-state index in [0.717, 1.165) is 0 Å². The van der Waals surface area contributed by atoms with Gasteiger partial charge in [-0.3, -0.25) is 9.36 Å². The molecule has 0 fully saturated rings. The van der Waals surface area contributed by atoms with Crippen LogP contribution in [0.4, 0.5) is 0 Å². The van der Waals surface area contributed by atoms with Crippen molar-refractivity contribution in [3.8, 4) is 0 Å². The minimum Gasteiger partial charge on any atom is -0.467 e. The van der Waals surface area contributed by atoms with Crippen LogP contribution in [0, 0.1) is 0 Å². The number of hydrogen-bond acceptors (Lipinski definition) is 6. The van der Waals surface area contributed by atoms with Crippen molar-refractivity contribution in [1.29, 1.82) is 0 Å². The SMILES string of the molecule is O=c1c2ccc(Cl)cc2nc(SCCNS(=O)(=O)c2ccccc2)n1Cc1ccco1. The Morgan fingerprint density at radius 3 is 2.65 bits per heavy atom. The predicted octanol–water partition coefficient (Wildman–Crippen LogP) is 3.76. The van der Waals surface area contributed by atoms with Crippen molar-refractivity contribution in [3.63, 3.8) is 0 Å². The molecule has 0 saturated carbocycles. The maximum atomic E-state index is 13.1. The smallest absolute Gasteiger partial charge is 0.262 e. The summed E-state index contributed by atoms with van der Waals surface area (Å²) in [6.07, 6.45) is 1.54. The molecule has 4 rings (SSSR count). The normalized spacial score (nSPS) is 11.8. The molecular weight excluding hydrogens is 458 g/mol. The van der Waals surface area contributed by atoms with E-state index in [0.29, 0.717) is 32.6 Å². The number of thioether (sulfide) groups is 1. The average Bonchev–Trinajstić information content (AvgIpc) is 3.27. The van der Waals surface area contributed by atoms with Crippen molar-refractivity contribution in [2.24, 2.45) is 0 Å². The summed E-state index contributed by atoms with van der Waals surface area (Å²) < 4.78 is 34.2. The molecule has 31 heavy (non-hydrogen) atoms. The molecule has 0 aliphatic rings. The van der Waals surface area contributed by atoms with Crippen LogP contribution in [-0.4, -0.2) is 30.3 Å². The second-order valence-corrected chi connectivity index (χ2v) is 9.85. The Kier molecular flexibility index (Phi) is 6.47. The van der Waals surface area contributed by atoms with Crippen LogP contribution in [-0.2, 0) is 16.6 Å². The summed E-state index contributed by atoms with van der Waals surface area (Å²) in [7, 11) is -3.60. The Balaban J connectivity index is 1.56. The van der Waals surface area contributed by atoms with Crippen molar-refractivity contribution >= 4 is 44.3 Å². The number of sulfonamides is 1. The first-order valence-electron chi connectivity index (χ1n) is 9.34. The van der Waals surface area contributed by atoms with E-state index in [-0.39, 0.29) is 23.5 Å². The highest BCUT2D eigenvalue weighted by Gasteiger charge is 2.15. The molecule has 0 unspecified atom stereocenters. The van der Waals surface area contributed by atoms with E-state index in [1.807, 2.05) is 0 Å². The third-order valence-corrected chi connectivity index (χ3v) is 7.15. The van der Waals surface area contributed by atoms with Crippen molar-refractivity contribution in [3.05, 3.63) is 88.1 Å². The Hall–Kier alpha value is -2.59. The van der Waals surface area contributed by atoms with Gasteiger partial charge in [-0.1, -0.05) is 41.6 Å². The Labute approximate surface area is 188 Å². The van der Waals surface area contributed by atoms with Gasteiger partial charge in [-0.15, -0.1) is 0 Å². The zero-order valence-electron chi connectivity index (χ0n) is 16.2. The fourth-order valence-corrected chi connectivity index (χ4v) is 5.18. The van der Waals surface area contributed by atoms with Gasteiger partial charge in [0, 0.05) is 17.3 Å². The standard InChI is InChI=1S/C21H18ClN3O4S2/c22-15-8-9-18-19(13-15)24-21(25(20(18)26)14-16-5-4-11-29-16)30-12-10-23-31(27,28)17-6-2-1-3-7-17/h1-9,11,13,23H,10,12,14H2. The second-order valence-electron chi connectivity index (χ2n) is 6.59. The molecule has 2 aromatic carbocycles. The summed E-state index contributed by atoms with van der Waals surface area (Å²) in [5.41, 5.74) is 0.269. The van der Waals surface area contributed by atoms with E-state index in [4.69, 9.17) is 16.0 Å². The fraction of sp³-hybridized carbons (Fsp3) is 0.143. The van der Waals surface area contributed by atoms with Crippen LogP contribution in [0.25, 0.3) is 10.9 Å². The van der Waals surface area contributed by atoms with E-state index >= 15 is 0 Å². The number of fused-ring (bicyclic) bond motifs is 1. The molecule has 10 heteroatoms. The molecule has 0 amide bonds. The van der Waals surface area contributed by atoms with Gasteiger partial charge in [-0.25, -0.2) is 18.1 Å². The molecule has 160 valence electrons. The van der Waals surface area contributed by atoms with Crippen LogP contribution in [0.3, 0.4) is 0 Å². The number of aromatic nitrogens is 2. The maximum Gasteiger partial charge on any atom is 0.262 e. The summed E-state index contributed by atoms with van der Waals surface area (Å²) in [4.78, 5) is 17.9. The van der Waals surface area contributed by atoms with Gasteiger partial charge in [0.25, 0.3) is 5.56 Å². The van der Waals surface area contributed by atoms with Crippen LogP contribution in [0.1, 0.15) is 5.76 Å². The van der Waals surface area contributed by atoms with Crippen molar-refractivity contribution in [2.75, 3.05) is 12.3 Å². The van der Waals surface area contributed by atoms with Gasteiger partial charge < -0.3 is 4.42 Å². The number of nitrogens with zero attached hydrogens (tertiary/aromatic N) is 2. The molecule has 0 saturated heterocycles. The van der Waals surface area contributed by atoms with Crippen molar-refractivity contribution in [1.82, 2.24) is 14.3 Å². The van der Waals surface area contributed by atoms with E-state index in [1.165, 1.54) is 28.5 Å². The lowest BCUT2D eigenvalue weighted by Gasteiger charge is -2.12. The molecule has 0 bridgehead atoms. The lowest BCUT2D eigenvalue weighted by Crippen LogP contribution is -2.27. The maximum absolute atomic E-state index is 13.1. The van der Waals surface area contributed by atoms with Crippen LogP contribution in [0.15, 0.2) is 86.2 Å². The molecule has 2 heterocycles. The minimum atomic E-state index is -3.60. The average molecular weight is 476 g/mol. The molecule has 0 aliphatic carbocycles. The summed E-state index contributed by atoms with van der Waals surface area (Å²) in [5, 5.41) is 1.38. The van der Waals surface area contributed by atoms with Gasteiger partial charge >= 0.3 is 0 Å². The van der Waals surface area contributed by atoms with Crippen LogP contribution < -0.4 is 10.3 Å². The summed E-state index contributed by atoms with van der Waals surface area (Å²) >= 11 is 7.35. The van der Waals surface area contributed by atoms with E-state index < -0.39 is 10.0 Å². The number of nitrogens with one attached hydrogen (secondary N) is 1. The number of furan rings is 1. The molecular formula is C21H18ClN3O4S2. The molecule has 4 aromatic rings. The minimum absolute atomic E-state index is 0.173. The highest BCUT2D eigenvalue weighted by molar-refractivity contribution is 7.99. The Morgan fingerprint density at radius 2 is 1.90 bits per heavy atom. The predicted molar refractivity (Wildman–Crippen MR) is 121 cm³/mol. The Bertz CT molecular complexity index is 1350. The highest BCUT2D eigenvalue weighted by Crippen LogP contribution is 2.21. The zero-order chi connectivity index (χ0) is 21.8. The lowest BCUT2D eigenvalue weighted by atomic mass is 10.2.